The Morgan fingerprint density at radius 3 is 2.93 bits per heavy atom. The minimum absolute atomic E-state index is 0.214. The molecule has 1 unspecified atom stereocenters. The molecule has 0 aromatic heterocycles. The molecule has 0 saturated heterocycles. The zero-order valence-electron chi connectivity index (χ0n) is 8.67. The highest BCUT2D eigenvalue weighted by atomic mass is 35.5. The lowest BCUT2D eigenvalue weighted by atomic mass is 10.1. The van der Waals surface area contributed by atoms with Gasteiger partial charge in [0, 0.05) is 11.6 Å². The van der Waals surface area contributed by atoms with Crippen molar-refractivity contribution in [3.63, 3.8) is 0 Å². The summed E-state index contributed by atoms with van der Waals surface area (Å²) < 4.78 is 0. The minimum Gasteiger partial charge on any atom is -0.395 e. The second-order valence-corrected chi connectivity index (χ2v) is 4.55. The predicted octanol–water partition coefficient (Wildman–Crippen LogP) is 1.64. The van der Waals surface area contributed by atoms with E-state index >= 15 is 0 Å². The molecule has 0 amide bonds. The lowest BCUT2D eigenvalue weighted by Gasteiger charge is -2.08. The van der Waals surface area contributed by atoms with Crippen LogP contribution in [0.5, 0.6) is 0 Å². The maximum atomic E-state index is 8.67. The van der Waals surface area contributed by atoms with E-state index in [4.69, 9.17) is 16.7 Å². The van der Waals surface area contributed by atoms with Crippen molar-refractivity contribution in [2.45, 2.75) is 12.8 Å². The Morgan fingerprint density at radius 1 is 1.33 bits per heavy atom. The van der Waals surface area contributed by atoms with Crippen molar-refractivity contribution >= 4 is 11.6 Å². The highest BCUT2D eigenvalue weighted by Gasteiger charge is 2.20. The number of aliphatic hydroxyl groups excluding tert-OH is 1. The number of rotatable bonds is 4. The number of benzene rings is 1. The standard InChI is InChI=1S/C12H16ClNO/c13-12-2-1-10-5-9(6-11(10)7-12)8-14-3-4-15/h1-2,7,9,14-15H,3-6,8H2. The summed E-state index contributed by atoms with van der Waals surface area (Å²) in [6, 6.07) is 6.16. The van der Waals surface area contributed by atoms with Crippen LogP contribution >= 0.6 is 11.6 Å². The number of fused-ring (bicyclic) bond motifs is 1. The fourth-order valence-corrected chi connectivity index (χ4v) is 2.40. The van der Waals surface area contributed by atoms with Crippen LogP contribution in [-0.2, 0) is 12.8 Å². The molecule has 1 aromatic carbocycles. The molecule has 1 aliphatic rings. The maximum absolute atomic E-state index is 8.67. The summed E-state index contributed by atoms with van der Waals surface area (Å²) in [6.07, 6.45) is 2.24. The minimum atomic E-state index is 0.214. The Balaban J connectivity index is 1.91. The predicted molar refractivity (Wildman–Crippen MR) is 62.3 cm³/mol. The van der Waals surface area contributed by atoms with Crippen LogP contribution in [0.15, 0.2) is 18.2 Å². The first-order valence-electron chi connectivity index (χ1n) is 5.38. The normalized spacial score (nSPS) is 19.2. The molecular weight excluding hydrogens is 210 g/mol. The molecule has 1 aromatic rings. The summed E-state index contributed by atoms with van der Waals surface area (Å²) in [5.74, 6) is 0.657. The summed E-state index contributed by atoms with van der Waals surface area (Å²) >= 11 is 5.95. The van der Waals surface area contributed by atoms with Gasteiger partial charge in [-0.25, -0.2) is 0 Å². The first-order chi connectivity index (χ1) is 7.29. The second-order valence-electron chi connectivity index (χ2n) is 4.12. The lowest BCUT2D eigenvalue weighted by Crippen LogP contribution is -2.25. The molecule has 1 aliphatic carbocycles. The molecule has 82 valence electrons. The van der Waals surface area contributed by atoms with Gasteiger partial charge in [0.1, 0.15) is 0 Å². The number of aliphatic hydroxyl groups is 1. The Bertz CT molecular complexity index is 340. The fourth-order valence-electron chi connectivity index (χ4n) is 2.21. The van der Waals surface area contributed by atoms with Crippen LogP contribution in [0.3, 0.4) is 0 Å². The summed E-state index contributed by atoms with van der Waals surface area (Å²) in [6.45, 7) is 1.88. The van der Waals surface area contributed by atoms with Gasteiger partial charge in [0.2, 0.25) is 0 Å². The molecule has 0 radical (unpaired) electrons. The van der Waals surface area contributed by atoms with E-state index in [0.29, 0.717) is 12.5 Å². The molecule has 0 bridgehead atoms. The lowest BCUT2D eigenvalue weighted by molar-refractivity contribution is 0.288. The number of hydrogen-bond acceptors (Lipinski definition) is 2. The van der Waals surface area contributed by atoms with Crippen LogP contribution in [0.25, 0.3) is 0 Å². The van der Waals surface area contributed by atoms with E-state index in [0.717, 1.165) is 24.4 Å². The summed E-state index contributed by atoms with van der Waals surface area (Å²) in [4.78, 5) is 0. The van der Waals surface area contributed by atoms with Crippen molar-refractivity contribution in [3.05, 3.63) is 34.3 Å². The summed E-state index contributed by atoms with van der Waals surface area (Å²) in [7, 11) is 0. The van der Waals surface area contributed by atoms with Gasteiger partial charge in [0.05, 0.1) is 6.61 Å². The molecule has 0 spiro atoms. The zero-order chi connectivity index (χ0) is 10.7. The summed E-state index contributed by atoms with van der Waals surface area (Å²) in [5, 5.41) is 12.7. The highest BCUT2D eigenvalue weighted by Crippen LogP contribution is 2.28. The van der Waals surface area contributed by atoms with E-state index in [1.54, 1.807) is 0 Å². The average Bonchev–Trinajstić information content (AvgIpc) is 2.60. The molecule has 0 saturated carbocycles. The molecule has 1 atom stereocenters. The van der Waals surface area contributed by atoms with Gasteiger partial charge in [-0.15, -0.1) is 0 Å². The molecule has 0 fully saturated rings. The third kappa shape index (κ3) is 2.71. The first kappa shape index (κ1) is 10.9. The van der Waals surface area contributed by atoms with Crippen LogP contribution < -0.4 is 5.32 Å². The fraction of sp³-hybridized carbons (Fsp3) is 0.500. The van der Waals surface area contributed by atoms with Crippen molar-refractivity contribution in [1.29, 1.82) is 0 Å². The van der Waals surface area contributed by atoms with Crippen LogP contribution in [0.2, 0.25) is 5.02 Å². The largest absolute Gasteiger partial charge is 0.395 e. The van der Waals surface area contributed by atoms with Gasteiger partial charge in [0.25, 0.3) is 0 Å². The topological polar surface area (TPSA) is 32.3 Å². The van der Waals surface area contributed by atoms with Crippen molar-refractivity contribution in [2.75, 3.05) is 19.7 Å². The molecular formula is C12H16ClNO. The van der Waals surface area contributed by atoms with Crippen molar-refractivity contribution in [3.8, 4) is 0 Å². The molecule has 2 N–H and O–H groups in total. The Kier molecular flexibility index (Phi) is 3.62. The highest BCUT2D eigenvalue weighted by molar-refractivity contribution is 6.30. The molecule has 3 heteroatoms. The molecule has 2 rings (SSSR count). The van der Waals surface area contributed by atoms with E-state index in [1.807, 2.05) is 6.07 Å². The van der Waals surface area contributed by atoms with Crippen LogP contribution in [0.1, 0.15) is 11.1 Å². The monoisotopic (exact) mass is 225 g/mol. The maximum Gasteiger partial charge on any atom is 0.0555 e. The van der Waals surface area contributed by atoms with Gasteiger partial charge in [-0.3, -0.25) is 0 Å². The molecule has 15 heavy (non-hydrogen) atoms. The summed E-state index contributed by atoms with van der Waals surface area (Å²) in [5.41, 5.74) is 2.81. The van der Waals surface area contributed by atoms with E-state index in [-0.39, 0.29) is 6.61 Å². The van der Waals surface area contributed by atoms with Gasteiger partial charge in [-0.1, -0.05) is 17.7 Å². The van der Waals surface area contributed by atoms with Gasteiger partial charge >= 0.3 is 0 Å². The van der Waals surface area contributed by atoms with Gasteiger partial charge in [-0.2, -0.15) is 0 Å². The smallest absolute Gasteiger partial charge is 0.0555 e. The zero-order valence-corrected chi connectivity index (χ0v) is 9.43. The van der Waals surface area contributed by atoms with E-state index in [9.17, 15) is 0 Å². The average molecular weight is 226 g/mol. The SMILES string of the molecule is OCCNCC1Cc2ccc(Cl)cc2C1. The first-order valence-corrected chi connectivity index (χ1v) is 5.76. The Hall–Kier alpha value is -0.570. The Morgan fingerprint density at radius 2 is 2.13 bits per heavy atom. The van der Waals surface area contributed by atoms with E-state index < -0.39 is 0 Å². The quantitative estimate of drug-likeness (QED) is 0.764. The van der Waals surface area contributed by atoms with E-state index in [1.165, 1.54) is 11.1 Å². The van der Waals surface area contributed by atoms with Crippen molar-refractivity contribution in [2.24, 2.45) is 5.92 Å². The third-order valence-electron chi connectivity index (χ3n) is 2.91. The van der Waals surface area contributed by atoms with E-state index in [2.05, 4.69) is 17.4 Å². The van der Waals surface area contributed by atoms with Crippen LogP contribution in [0.4, 0.5) is 0 Å². The van der Waals surface area contributed by atoms with Gasteiger partial charge in [-0.05, 0) is 48.6 Å². The molecule has 0 aliphatic heterocycles. The Labute approximate surface area is 95.3 Å². The van der Waals surface area contributed by atoms with Crippen molar-refractivity contribution < 1.29 is 5.11 Å². The van der Waals surface area contributed by atoms with Crippen LogP contribution in [-0.4, -0.2) is 24.8 Å². The molecule has 0 heterocycles. The van der Waals surface area contributed by atoms with Gasteiger partial charge in [0.15, 0.2) is 0 Å². The molecule has 2 nitrogen and oxygen atoms in total. The number of hydrogen-bond donors (Lipinski definition) is 2. The van der Waals surface area contributed by atoms with Crippen LogP contribution in [0, 0.1) is 5.92 Å². The third-order valence-corrected chi connectivity index (χ3v) is 3.14. The van der Waals surface area contributed by atoms with Crippen molar-refractivity contribution in [1.82, 2.24) is 5.32 Å². The number of nitrogens with one attached hydrogen (secondary N) is 1. The van der Waals surface area contributed by atoms with Gasteiger partial charge < -0.3 is 10.4 Å². The number of halogens is 1. The second kappa shape index (κ2) is 4.97.